The molecule has 0 bridgehead atoms. The van der Waals surface area contributed by atoms with Crippen molar-refractivity contribution in [1.82, 2.24) is 0 Å². The van der Waals surface area contributed by atoms with Crippen LogP contribution in [0.5, 0.6) is 5.75 Å². The van der Waals surface area contributed by atoms with E-state index in [-0.39, 0.29) is 17.2 Å². The van der Waals surface area contributed by atoms with Crippen LogP contribution in [0.4, 0.5) is 5.69 Å². The first-order valence-electron chi connectivity index (χ1n) is 5.43. The van der Waals surface area contributed by atoms with E-state index in [1.165, 1.54) is 6.07 Å². The van der Waals surface area contributed by atoms with Crippen molar-refractivity contribution < 1.29 is 9.90 Å². The SMILES string of the molecule is Cc1ccccc1NC(=O)c1cc(I)ccc1O. The van der Waals surface area contributed by atoms with Crippen LogP contribution in [0.15, 0.2) is 42.5 Å². The second-order valence-corrected chi connectivity index (χ2v) is 5.18. The largest absolute Gasteiger partial charge is 0.507 e. The molecule has 3 nitrogen and oxygen atoms in total. The molecule has 2 aromatic rings. The number of halogens is 1. The Morgan fingerprint density at radius 3 is 2.67 bits per heavy atom. The van der Waals surface area contributed by atoms with Gasteiger partial charge in [-0.25, -0.2) is 0 Å². The van der Waals surface area contributed by atoms with Crippen LogP contribution in [0.3, 0.4) is 0 Å². The van der Waals surface area contributed by atoms with E-state index in [0.717, 1.165) is 14.8 Å². The van der Waals surface area contributed by atoms with E-state index >= 15 is 0 Å². The van der Waals surface area contributed by atoms with Crippen LogP contribution in [0, 0.1) is 10.5 Å². The minimum absolute atomic E-state index is 0.0125. The maximum Gasteiger partial charge on any atom is 0.259 e. The first-order chi connectivity index (χ1) is 8.58. The average molecular weight is 353 g/mol. The number of benzene rings is 2. The summed E-state index contributed by atoms with van der Waals surface area (Å²) in [6.45, 7) is 1.92. The Labute approximate surface area is 119 Å². The van der Waals surface area contributed by atoms with Crippen molar-refractivity contribution in [1.29, 1.82) is 0 Å². The lowest BCUT2D eigenvalue weighted by Gasteiger charge is -2.09. The highest BCUT2D eigenvalue weighted by Gasteiger charge is 2.12. The lowest BCUT2D eigenvalue weighted by atomic mass is 10.1. The number of aromatic hydroxyl groups is 1. The van der Waals surface area contributed by atoms with Gasteiger partial charge in [0.25, 0.3) is 5.91 Å². The lowest BCUT2D eigenvalue weighted by Crippen LogP contribution is -2.13. The van der Waals surface area contributed by atoms with E-state index < -0.39 is 0 Å². The van der Waals surface area contributed by atoms with Crippen molar-refractivity contribution in [2.24, 2.45) is 0 Å². The van der Waals surface area contributed by atoms with Crippen LogP contribution in [0.25, 0.3) is 0 Å². The van der Waals surface area contributed by atoms with Gasteiger partial charge in [0.1, 0.15) is 5.75 Å². The van der Waals surface area contributed by atoms with Crippen molar-refractivity contribution >= 4 is 34.2 Å². The highest BCUT2D eigenvalue weighted by atomic mass is 127. The number of carbonyl (C=O) groups excluding carboxylic acids is 1. The summed E-state index contributed by atoms with van der Waals surface area (Å²) in [5, 5.41) is 12.5. The number of nitrogens with one attached hydrogen (secondary N) is 1. The molecule has 0 saturated carbocycles. The fraction of sp³-hybridized carbons (Fsp3) is 0.0714. The lowest BCUT2D eigenvalue weighted by molar-refractivity contribution is 0.102. The van der Waals surface area contributed by atoms with Gasteiger partial charge in [0, 0.05) is 9.26 Å². The van der Waals surface area contributed by atoms with Gasteiger partial charge in [-0.1, -0.05) is 18.2 Å². The normalized spacial score (nSPS) is 10.1. The zero-order chi connectivity index (χ0) is 13.1. The number of phenols is 1. The molecule has 0 radical (unpaired) electrons. The Balaban J connectivity index is 2.28. The molecule has 4 heteroatoms. The van der Waals surface area contributed by atoms with E-state index in [4.69, 9.17) is 0 Å². The predicted octanol–water partition coefficient (Wildman–Crippen LogP) is 3.56. The molecule has 2 aromatic carbocycles. The number of hydrogen-bond donors (Lipinski definition) is 2. The standard InChI is InChI=1S/C14H12INO2/c1-9-4-2-3-5-12(9)16-14(18)11-8-10(15)6-7-13(11)17/h2-8,17H,1H3,(H,16,18). The monoisotopic (exact) mass is 353 g/mol. The average Bonchev–Trinajstić information content (AvgIpc) is 2.35. The fourth-order valence-corrected chi connectivity index (χ4v) is 2.08. The van der Waals surface area contributed by atoms with Crippen LogP contribution >= 0.6 is 22.6 Å². The van der Waals surface area contributed by atoms with E-state index in [2.05, 4.69) is 27.9 Å². The minimum Gasteiger partial charge on any atom is -0.507 e. The van der Waals surface area contributed by atoms with Crippen molar-refractivity contribution in [2.75, 3.05) is 5.32 Å². The van der Waals surface area contributed by atoms with Gasteiger partial charge < -0.3 is 10.4 Å². The molecule has 2 N–H and O–H groups in total. The molecule has 0 aromatic heterocycles. The summed E-state index contributed by atoms with van der Waals surface area (Å²) in [7, 11) is 0. The molecule has 0 spiro atoms. The van der Waals surface area contributed by atoms with Gasteiger partial charge in [-0.3, -0.25) is 4.79 Å². The van der Waals surface area contributed by atoms with Gasteiger partial charge in [-0.15, -0.1) is 0 Å². The number of anilines is 1. The number of para-hydroxylation sites is 1. The smallest absolute Gasteiger partial charge is 0.259 e. The van der Waals surface area contributed by atoms with Gasteiger partial charge in [0.15, 0.2) is 0 Å². The maximum absolute atomic E-state index is 12.1. The maximum atomic E-state index is 12.1. The third-order valence-corrected chi connectivity index (χ3v) is 3.27. The van der Waals surface area contributed by atoms with Crippen LogP contribution < -0.4 is 5.32 Å². The summed E-state index contributed by atoms with van der Waals surface area (Å²) in [6, 6.07) is 12.5. The Hall–Kier alpha value is -1.56. The number of phenolic OH excluding ortho intramolecular Hbond substituents is 1. The van der Waals surface area contributed by atoms with Crippen molar-refractivity contribution in [3.8, 4) is 5.75 Å². The highest BCUT2D eigenvalue weighted by molar-refractivity contribution is 14.1. The third kappa shape index (κ3) is 2.81. The fourth-order valence-electron chi connectivity index (χ4n) is 1.59. The van der Waals surface area contributed by atoms with Crippen LogP contribution in [-0.4, -0.2) is 11.0 Å². The summed E-state index contributed by atoms with van der Waals surface area (Å²) in [5.41, 5.74) is 2.02. The summed E-state index contributed by atoms with van der Waals surface area (Å²) >= 11 is 2.10. The second kappa shape index (κ2) is 5.39. The van der Waals surface area contributed by atoms with E-state index in [9.17, 15) is 9.90 Å². The van der Waals surface area contributed by atoms with E-state index in [1.54, 1.807) is 12.1 Å². The molecular formula is C14H12INO2. The summed E-state index contributed by atoms with van der Waals surface area (Å²) in [6.07, 6.45) is 0. The topological polar surface area (TPSA) is 49.3 Å². The number of amides is 1. The number of rotatable bonds is 2. The molecule has 0 aliphatic carbocycles. The molecule has 1 amide bonds. The zero-order valence-electron chi connectivity index (χ0n) is 9.77. The number of aryl methyl sites for hydroxylation is 1. The molecule has 2 rings (SSSR count). The molecule has 18 heavy (non-hydrogen) atoms. The van der Waals surface area contributed by atoms with Gasteiger partial charge in [0.2, 0.25) is 0 Å². The van der Waals surface area contributed by atoms with Crippen molar-refractivity contribution in [2.45, 2.75) is 6.92 Å². The quantitative estimate of drug-likeness (QED) is 0.812. The summed E-state index contributed by atoms with van der Waals surface area (Å²) < 4.78 is 0.903. The number of carbonyl (C=O) groups is 1. The summed E-state index contributed by atoms with van der Waals surface area (Å²) in [5.74, 6) is -0.318. The van der Waals surface area contributed by atoms with Crippen LogP contribution in [-0.2, 0) is 0 Å². The third-order valence-electron chi connectivity index (χ3n) is 2.60. The first-order valence-corrected chi connectivity index (χ1v) is 6.51. The minimum atomic E-state index is -0.305. The first kappa shape index (κ1) is 12.9. The van der Waals surface area contributed by atoms with Crippen LogP contribution in [0.1, 0.15) is 15.9 Å². The van der Waals surface area contributed by atoms with Crippen molar-refractivity contribution in [3.63, 3.8) is 0 Å². The van der Waals surface area contributed by atoms with Gasteiger partial charge >= 0.3 is 0 Å². The Kier molecular flexibility index (Phi) is 3.86. The molecule has 0 aliphatic heterocycles. The molecule has 0 aliphatic rings. The second-order valence-electron chi connectivity index (χ2n) is 3.93. The highest BCUT2D eigenvalue weighted by Crippen LogP contribution is 2.22. The molecule has 0 atom stereocenters. The molecule has 0 fully saturated rings. The van der Waals surface area contributed by atoms with Crippen molar-refractivity contribution in [3.05, 3.63) is 57.2 Å². The molecule has 0 unspecified atom stereocenters. The Bertz CT molecular complexity index is 596. The van der Waals surface area contributed by atoms with E-state index in [1.807, 2.05) is 31.2 Å². The number of hydrogen-bond acceptors (Lipinski definition) is 2. The van der Waals surface area contributed by atoms with Gasteiger partial charge in [-0.05, 0) is 59.3 Å². The zero-order valence-corrected chi connectivity index (χ0v) is 11.9. The van der Waals surface area contributed by atoms with Gasteiger partial charge in [-0.2, -0.15) is 0 Å². The van der Waals surface area contributed by atoms with Crippen LogP contribution in [0.2, 0.25) is 0 Å². The van der Waals surface area contributed by atoms with Gasteiger partial charge in [0.05, 0.1) is 5.56 Å². The molecular weight excluding hydrogens is 341 g/mol. The molecule has 92 valence electrons. The molecule has 0 heterocycles. The Morgan fingerprint density at radius 1 is 1.22 bits per heavy atom. The Morgan fingerprint density at radius 2 is 1.94 bits per heavy atom. The predicted molar refractivity (Wildman–Crippen MR) is 80.0 cm³/mol. The molecule has 0 saturated heterocycles. The van der Waals surface area contributed by atoms with E-state index in [0.29, 0.717) is 0 Å². The summed E-state index contributed by atoms with van der Waals surface area (Å²) in [4.78, 5) is 12.1.